The quantitative estimate of drug-likeness (QED) is 0.532. The Labute approximate surface area is 168 Å². The van der Waals surface area contributed by atoms with Crippen LogP contribution < -0.4 is 9.62 Å². The molecule has 0 aliphatic heterocycles. The van der Waals surface area contributed by atoms with Crippen molar-refractivity contribution in [3.05, 3.63) is 63.2 Å². The van der Waals surface area contributed by atoms with Crippen molar-refractivity contribution in [1.82, 2.24) is 0 Å². The van der Waals surface area contributed by atoms with Crippen molar-refractivity contribution in [2.45, 2.75) is 6.18 Å². The Kier molecular flexibility index (Phi) is 6.38. The summed E-state index contributed by atoms with van der Waals surface area (Å²) < 4.78 is 63.7. The number of amides is 1. The summed E-state index contributed by atoms with van der Waals surface area (Å²) in [5.74, 6) is -0.917. The number of sulfonamides is 1. The molecule has 2 rings (SSSR count). The van der Waals surface area contributed by atoms with Gasteiger partial charge in [0, 0.05) is 17.8 Å². The monoisotopic (exact) mass is 451 g/mol. The Balaban J connectivity index is 2.32. The van der Waals surface area contributed by atoms with Crippen LogP contribution in [-0.4, -0.2) is 32.0 Å². The van der Waals surface area contributed by atoms with Crippen LogP contribution in [0.15, 0.2) is 42.5 Å². The first-order chi connectivity index (χ1) is 13.3. The highest BCUT2D eigenvalue weighted by molar-refractivity contribution is 7.92. The zero-order chi connectivity index (χ0) is 22.0. The standard InChI is InChI=1S/C16H13ClF3N3O5S/c1-29(27,28)22(11-5-6-14(17)13(8-11)16(18,19)20)9-15(24)21-10-3-2-4-12(7-10)23(25)26/h2-8H,9H2,1H3,(H,21,24). The normalized spacial score (nSPS) is 11.8. The molecule has 1 amide bonds. The summed E-state index contributed by atoms with van der Waals surface area (Å²) in [4.78, 5) is 22.3. The summed E-state index contributed by atoms with van der Waals surface area (Å²) in [6.45, 7) is -0.861. The summed E-state index contributed by atoms with van der Waals surface area (Å²) in [5.41, 5.74) is -1.97. The summed E-state index contributed by atoms with van der Waals surface area (Å²) in [5, 5.41) is 12.4. The van der Waals surface area contributed by atoms with E-state index in [9.17, 15) is 36.5 Å². The molecule has 0 heterocycles. The predicted molar refractivity (Wildman–Crippen MR) is 100 cm³/mol. The summed E-state index contributed by atoms with van der Waals surface area (Å²) in [6.07, 6.45) is -4.11. The van der Waals surface area contributed by atoms with Gasteiger partial charge in [0.15, 0.2) is 0 Å². The number of rotatable bonds is 6. The molecule has 0 saturated heterocycles. The van der Waals surface area contributed by atoms with E-state index in [4.69, 9.17) is 11.6 Å². The summed E-state index contributed by atoms with van der Waals surface area (Å²) in [7, 11) is -4.15. The van der Waals surface area contributed by atoms with Crippen LogP contribution in [0, 0.1) is 10.1 Å². The van der Waals surface area contributed by atoms with Crippen molar-refractivity contribution in [3.8, 4) is 0 Å². The SMILES string of the molecule is CS(=O)(=O)N(CC(=O)Nc1cccc([N+](=O)[O-])c1)c1ccc(Cl)c(C(F)(F)F)c1. The minimum atomic E-state index is -4.83. The van der Waals surface area contributed by atoms with E-state index in [1.807, 2.05) is 0 Å². The Bertz CT molecular complexity index is 1060. The number of hydrogen-bond acceptors (Lipinski definition) is 5. The fraction of sp³-hybridized carbons (Fsp3) is 0.188. The second-order valence-corrected chi connectivity index (χ2v) is 8.10. The van der Waals surface area contributed by atoms with Crippen LogP contribution in [0.1, 0.15) is 5.56 Å². The van der Waals surface area contributed by atoms with Crippen molar-refractivity contribution in [2.75, 3.05) is 22.4 Å². The number of nitro groups is 1. The number of nitro benzene ring substituents is 1. The second kappa shape index (κ2) is 8.25. The van der Waals surface area contributed by atoms with Gasteiger partial charge in [-0.3, -0.25) is 19.2 Å². The zero-order valence-corrected chi connectivity index (χ0v) is 16.2. The fourth-order valence-electron chi connectivity index (χ4n) is 2.31. The maximum absolute atomic E-state index is 13.1. The minimum Gasteiger partial charge on any atom is -0.324 e. The smallest absolute Gasteiger partial charge is 0.324 e. The molecule has 0 aromatic heterocycles. The van der Waals surface area contributed by atoms with E-state index in [1.54, 1.807) is 0 Å². The third kappa shape index (κ3) is 5.81. The minimum absolute atomic E-state index is 0.0183. The molecule has 0 saturated carbocycles. The number of benzene rings is 2. The largest absolute Gasteiger partial charge is 0.417 e. The Morgan fingerprint density at radius 1 is 1.24 bits per heavy atom. The number of carbonyl (C=O) groups excluding carboxylic acids is 1. The number of alkyl halides is 3. The lowest BCUT2D eigenvalue weighted by Crippen LogP contribution is -2.37. The van der Waals surface area contributed by atoms with E-state index < -0.39 is 49.8 Å². The number of nitrogens with one attached hydrogen (secondary N) is 1. The molecular weight excluding hydrogens is 439 g/mol. The van der Waals surface area contributed by atoms with Gasteiger partial charge in [-0.25, -0.2) is 8.42 Å². The van der Waals surface area contributed by atoms with Crippen LogP contribution in [0.25, 0.3) is 0 Å². The van der Waals surface area contributed by atoms with Crippen LogP contribution in [-0.2, 0) is 21.0 Å². The van der Waals surface area contributed by atoms with E-state index >= 15 is 0 Å². The highest BCUT2D eigenvalue weighted by atomic mass is 35.5. The van der Waals surface area contributed by atoms with Crippen molar-refractivity contribution in [2.24, 2.45) is 0 Å². The molecule has 0 aliphatic carbocycles. The van der Waals surface area contributed by atoms with Crippen molar-refractivity contribution in [1.29, 1.82) is 0 Å². The third-order valence-corrected chi connectivity index (χ3v) is 5.04. The van der Waals surface area contributed by atoms with E-state index in [0.717, 1.165) is 24.5 Å². The van der Waals surface area contributed by atoms with Gasteiger partial charge >= 0.3 is 6.18 Å². The van der Waals surface area contributed by atoms with E-state index in [2.05, 4.69) is 5.32 Å². The maximum atomic E-state index is 13.1. The first-order valence-corrected chi connectivity index (χ1v) is 9.90. The van der Waals surface area contributed by atoms with Gasteiger partial charge < -0.3 is 5.32 Å². The van der Waals surface area contributed by atoms with Gasteiger partial charge in [0.1, 0.15) is 6.54 Å². The average Bonchev–Trinajstić information content (AvgIpc) is 2.58. The Hall–Kier alpha value is -2.86. The molecule has 29 heavy (non-hydrogen) atoms. The molecular formula is C16H13ClF3N3O5S. The van der Waals surface area contributed by atoms with Gasteiger partial charge in [0.25, 0.3) is 5.69 Å². The lowest BCUT2D eigenvalue weighted by Gasteiger charge is -2.23. The Morgan fingerprint density at radius 2 is 1.90 bits per heavy atom. The fourth-order valence-corrected chi connectivity index (χ4v) is 3.39. The van der Waals surface area contributed by atoms with Crippen LogP contribution >= 0.6 is 11.6 Å². The number of anilines is 2. The van der Waals surface area contributed by atoms with E-state index in [-0.39, 0.29) is 11.4 Å². The Morgan fingerprint density at radius 3 is 2.45 bits per heavy atom. The van der Waals surface area contributed by atoms with Gasteiger partial charge in [-0.2, -0.15) is 13.2 Å². The number of hydrogen-bond donors (Lipinski definition) is 1. The van der Waals surface area contributed by atoms with Crippen molar-refractivity contribution < 1.29 is 31.3 Å². The average molecular weight is 452 g/mol. The lowest BCUT2D eigenvalue weighted by molar-refractivity contribution is -0.384. The van der Waals surface area contributed by atoms with Crippen LogP contribution in [0.5, 0.6) is 0 Å². The molecule has 2 aromatic carbocycles. The molecule has 156 valence electrons. The first-order valence-electron chi connectivity index (χ1n) is 7.68. The predicted octanol–water partition coefficient (Wildman–Crippen LogP) is 3.67. The van der Waals surface area contributed by atoms with Gasteiger partial charge in [0.2, 0.25) is 15.9 Å². The van der Waals surface area contributed by atoms with Crippen LogP contribution in [0.2, 0.25) is 5.02 Å². The molecule has 0 unspecified atom stereocenters. The topological polar surface area (TPSA) is 110 Å². The third-order valence-electron chi connectivity index (χ3n) is 3.57. The van der Waals surface area contributed by atoms with E-state index in [0.29, 0.717) is 10.4 Å². The van der Waals surface area contributed by atoms with Crippen LogP contribution in [0.3, 0.4) is 0 Å². The first kappa shape index (κ1) is 22.4. The van der Waals surface area contributed by atoms with Crippen LogP contribution in [0.4, 0.5) is 30.2 Å². The molecule has 0 atom stereocenters. The summed E-state index contributed by atoms with van der Waals surface area (Å²) in [6, 6.07) is 7.29. The molecule has 13 heteroatoms. The zero-order valence-electron chi connectivity index (χ0n) is 14.6. The molecule has 0 bridgehead atoms. The molecule has 0 fully saturated rings. The molecule has 0 radical (unpaired) electrons. The number of halogens is 4. The van der Waals surface area contributed by atoms with Gasteiger partial charge in [-0.1, -0.05) is 17.7 Å². The number of non-ortho nitro benzene ring substituents is 1. The molecule has 1 N–H and O–H groups in total. The number of nitrogens with zero attached hydrogens (tertiary/aromatic N) is 2. The number of carbonyl (C=O) groups is 1. The van der Waals surface area contributed by atoms with Gasteiger partial charge in [-0.05, 0) is 24.3 Å². The highest BCUT2D eigenvalue weighted by Gasteiger charge is 2.34. The lowest BCUT2D eigenvalue weighted by atomic mass is 10.2. The molecule has 2 aromatic rings. The molecule has 8 nitrogen and oxygen atoms in total. The summed E-state index contributed by atoms with van der Waals surface area (Å²) >= 11 is 5.53. The molecule has 0 aliphatic rings. The maximum Gasteiger partial charge on any atom is 0.417 e. The van der Waals surface area contributed by atoms with Crippen molar-refractivity contribution in [3.63, 3.8) is 0 Å². The van der Waals surface area contributed by atoms with Gasteiger partial charge in [0.05, 0.1) is 27.5 Å². The molecule has 0 spiro atoms. The van der Waals surface area contributed by atoms with Crippen molar-refractivity contribution >= 4 is 44.6 Å². The second-order valence-electron chi connectivity index (χ2n) is 5.79. The van der Waals surface area contributed by atoms with E-state index in [1.165, 1.54) is 18.2 Å². The highest BCUT2D eigenvalue weighted by Crippen LogP contribution is 2.37. The van der Waals surface area contributed by atoms with Gasteiger partial charge in [-0.15, -0.1) is 0 Å².